The van der Waals surface area contributed by atoms with E-state index >= 15 is 0 Å². The van der Waals surface area contributed by atoms with Crippen LogP contribution < -0.4 is 10.2 Å². The average molecular weight is 288 g/mol. The lowest BCUT2D eigenvalue weighted by Gasteiger charge is -2.38. The Bertz CT molecular complexity index is 568. The lowest BCUT2D eigenvalue weighted by atomic mass is 10.0. The van der Waals surface area contributed by atoms with Crippen LogP contribution in [0.2, 0.25) is 0 Å². The van der Waals surface area contributed by atoms with Gasteiger partial charge in [0.25, 0.3) is 5.91 Å². The van der Waals surface area contributed by atoms with Crippen molar-refractivity contribution in [1.29, 1.82) is 0 Å². The second-order valence-electron chi connectivity index (χ2n) is 5.77. The molecule has 1 aliphatic carbocycles. The van der Waals surface area contributed by atoms with E-state index in [0.29, 0.717) is 12.5 Å². The molecule has 21 heavy (non-hydrogen) atoms. The molecule has 0 bridgehead atoms. The minimum Gasteiger partial charge on any atom is -0.380 e. The van der Waals surface area contributed by atoms with Gasteiger partial charge in [0, 0.05) is 12.7 Å². The molecule has 1 heterocycles. The van der Waals surface area contributed by atoms with Crippen LogP contribution in [0.5, 0.6) is 0 Å². The molecule has 1 saturated carbocycles. The van der Waals surface area contributed by atoms with Gasteiger partial charge in [-0.1, -0.05) is 18.2 Å². The van der Waals surface area contributed by atoms with Crippen LogP contribution in [-0.4, -0.2) is 31.0 Å². The molecule has 1 aromatic rings. The zero-order valence-corrected chi connectivity index (χ0v) is 12.3. The summed E-state index contributed by atoms with van der Waals surface area (Å²) in [5.41, 5.74) is 1.70. The summed E-state index contributed by atoms with van der Waals surface area (Å²) in [6.07, 6.45) is 2.03. The lowest BCUT2D eigenvalue weighted by Crippen LogP contribution is -2.63. The molecule has 2 unspecified atom stereocenters. The number of para-hydroxylation sites is 1. The SMILES string of the molecule is COCc1ccccc1N1C(=O)C(C2CC2)NC(=O)C1C. The standard InChI is InChI=1S/C16H20N2O3/c1-10-15(19)17-14(11-7-8-11)16(20)18(10)13-6-4-3-5-12(13)9-21-2/h3-6,10-11,14H,7-9H2,1-2H3,(H,17,19). The van der Waals surface area contributed by atoms with Crippen LogP contribution in [0.25, 0.3) is 0 Å². The molecule has 112 valence electrons. The molecular formula is C16H20N2O3. The molecule has 1 saturated heterocycles. The molecule has 1 aromatic carbocycles. The molecule has 0 aromatic heterocycles. The van der Waals surface area contributed by atoms with E-state index in [9.17, 15) is 9.59 Å². The third-order valence-corrected chi connectivity index (χ3v) is 4.21. The van der Waals surface area contributed by atoms with Crippen molar-refractivity contribution >= 4 is 17.5 Å². The third-order valence-electron chi connectivity index (χ3n) is 4.21. The van der Waals surface area contributed by atoms with E-state index in [0.717, 1.165) is 24.1 Å². The van der Waals surface area contributed by atoms with Crippen molar-refractivity contribution in [2.45, 2.75) is 38.5 Å². The first-order valence-electron chi connectivity index (χ1n) is 7.33. The van der Waals surface area contributed by atoms with Crippen LogP contribution in [0.3, 0.4) is 0 Å². The van der Waals surface area contributed by atoms with E-state index in [1.54, 1.807) is 18.9 Å². The highest BCUT2D eigenvalue weighted by atomic mass is 16.5. The van der Waals surface area contributed by atoms with E-state index < -0.39 is 6.04 Å². The molecule has 1 N–H and O–H groups in total. The van der Waals surface area contributed by atoms with E-state index in [4.69, 9.17) is 4.74 Å². The van der Waals surface area contributed by atoms with E-state index in [2.05, 4.69) is 5.32 Å². The molecule has 2 aliphatic rings. The first kappa shape index (κ1) is 14.1. The molecule has 2 fully saturated rings. The molecular weight excluding hydrogens is 268 g/mol. The van der Waals surface area contributed by atoms with Gasteiger partial charge in [-0.3, -0.25) is 14.5 Å². The fourth-order valence-corrected chi connectivity index (χ4v) is 2.89. The van der Waals surface area contributed by atoms with E-state index in [-0.39, 0.29) is 17.9 Å². The molecule has 2 atom stereocenters. The normalized spacial score (nSPS) is 25.9. The van der Waals surface area contributed by atoms with Gasteiger partial charge in [-0.15, -0.1) is 0 Å². The second-order valence-corrected chi connectivity index (χ2v) is 5.77. The van der Waals surface area contributed by atoms with Crippen molar-refractivity contribution < 1.29 is 14.3 Å². The number of piperazine rings is 1. The summed E-state index contributed by atoms with van der Waals surface area (Å²) in [4.78, 5) is 26.6. The second kappa shape index (κ2) is 5.48. The van der Waals surface area contributed by atoms with Crippen LogP contribution in [0.15, 0.2) is 24.3 Å². The number of rotatable bonds is 4. The average Bonchev–Trinajstić information content (AvgIpc) is 3.30. The van der Waals surface area contributed by atoms with Crippen LogP contribution >= 0.6 is 0 Å². The van der Waals surface area contributed by atoms with Crippen molar-refractivity contribution in [3.05, 3.63) is 29.8 Å². The smallest absolute Gasteiger partial charge is 0.250 e. The Kier molecular flexibility index (Phi) is 3.68. The summed E-state index contributed by atoms with van der Waals surface area (Å²) in [5, 5.41) is 2.87. The maximum atomic E-state index is 12.8. The fraction of sp³-hybridized carbons (Fsp3) is 0.500. The molecule has 5 nitrogen and oxygen atoms in total. The molecule has 3 rings (SSSR count). The Labute approximate surface area is 124 Å². The highest BCUT2D eigenvalue weighted by Crippen LogP contribution is 2.36. The molecule has 0 radical (unpaired) electrons. The van der Waals surface area contributed by atoms with Gasteiger partial charge in [-0.2, -0.15) is 0 Å². The number of ether oxygens (including phenoxy) is 1. The Morgan fingerprint density at radius 1 is 1.29 bits per heavy atom. The van der Waals surface area contributed by atoms with Crippen molar-refractivity contribution in [3.63, 3.8) is 0 Å². The van der Waals surface area contributed by atoms with Crippen molar-refractivity contribution in [2.24, 2.45) is 5.92 Å². The molecule has 1 aliphatic heterocycles. The van der Waals surface area contributed by atoms with E-state index in [1.807, 2.05) is 24.3 Å². The maximum Gasteiger partial charge on any atom is 0.250 e. The topological polar surface area (TPSA) is 58.6 Å². The number of methoxy groups -OCH3 is 1. The number of benzene rings is 1. The lowest BCUT2D eigenvalue weighted by molar-refractivity contribution is -0.134. The number of hydrogen-bond donors (Lipinski definition) is 1. The maximum absolute atomic E-state index is 12.8. The first-order chi connectivity index (χ1) is 10.1. The Balaban J connectivity index is 1.97. The first-order valence-corrected chi connectivity index (χ1v) is 7.33. The minimum absolute atomic E-state index is 0.00634. The Morgan fingerprint density at radius 2 is 2.00 bits per heavy atom. The Hall–Kier alpha value is -1.88. The van der Waals surface area contributed by atoms with Crippen LogP contribution in [-0.2, 0) is 20.9 Å². The Morgan fingerprint density at radius 3 is 2.67 bits per heavy atom. The molecule has 2 amide bonds. The minimum atomic E-state index is -0.495. The van der Waals surface area contributed by atoms with Crippen LogP contribution in [0, 0.1) is 5.92 Å². The predicted octanol–water partition coefficient (Wildman–Crippen LogP) is 1.46. The number of amides is 2. The number of anilines is 1. The van der Waals surface area contributed by atoms with Gasteiger partial charge in [0.15, 0.2) is 0 Å². The van der Waals surface area contributed by atoms with Crippen molar-refractivity contribution in [2.75, 3.05) is 12.0 Å². The number of carbonyl (C=O) groups is 2. The largest absolute Gasteiger partial charge is 0.380 e. The monoisotopic (exact) mass is 288 g/mol. The summed E-state index contributed by atoms with van der Waals surface area (Å²) in [6, 6.07) is 6.74. The van der Waals surface area contributed by atoms with Gasteiger partial charge < -0.3 is 10.1 Å². The summed E-state index contributed by atoms with van der Waals surface area (Å²) in [7, 11) is 1.62. The van der Waals surface area contributed by atoms with Crippen LogP contribution in [0.1, 0.15) is 25.3 Å². The number of hydrogen-bond acceptors (Lipinski definition) is 3. The third kappa shape index (κ3) is 2.53. The zero-order chi connectivity index (χ0) is 15.0. The molecule has 0 spiro atoms. The zero-order valence-electron chi connectivity index (χ0n) is 12.3. The summed E-state index contributed by atoms with van der Waals surface area (Å²) >= 11 is 0. The van der Waals surface area contributed by atoms with Gasteiger partial charge in [0.2, 0.25) is 5.91 Å². The van der Waals surface area contributed by atoms with Gasteiger partial charge in [-0.05, 0) is 31.7 Å². The van der Waals surface area contributed by atoms with Crippen molar-refractivity contribution in [1.82, 2.24) is 5.32 Å². The van der Waals surface area contributed by atoms with Crippen LogP contribution in [0.4, 0.5) is 5.69 Å². The van der Waals surface area contributed by atoms with Gasteiger partial charge >= 0.3 is 0 Å². The highest BCUT2D eigenvalue weighted by Gasteiger charge is 2.46. The summed E-state index contributed by atoms with van der Waals surface area (Å²) < 4.78 is 5.20. The predicted molar refractivity (Wildman–Crippen MR) is 78.8 cm³/mol. The quantitative estimate of drug-likeness (QED) is 0.912. The van der Waals surface area contributed by atoms with Crippen molar-refractivity contribution in [3.8, 4) is 0 Å². The van der Waals surface area contributed by atoms with Gasteiger partial charge in [0.1, 0.15) is 12.1 Å². The fourth-order valence-electron chi connectivity index (χ4n) is 2.89. The number of nitrogens with zero attached hydrogens (tertiary/aromatic N) is 1. The number of carbonyl (C=O) groups excluding carboxylic acids is 2. The highest BCUT2D eigenvalue weighted by molar-refractivity contribution is 6.08. The van der Waals surface area contributed by atoms with Gasteiger partial charge in [0.05, 0.1) is 12.3 Å². The summed E-state index contributed by atoms with van der Waals surface area (Å²) in [6.45, 7) is 2.18. The van der Waals surface area contributed by atoms with Gasteiger partial charge in [-0.25, -0.2) is 0 Å². The number of nitrogens with one attached hydrogen (secondary N) is 1. The van der Waals surface area contributed by atoms with E-state index in [1.165, 1.54) is 0 Å². The summed E-state index contributed by atoms with van der Waals surface area (Å²) in [5.74, 6) is 0.206. The molecule has 5 heteroatoms.